The molecule has 1 amide bonds. The first-order chi connectivity index (χ1) is 12.6. The maximum Gasteiger partial charge on any atom is 0.259 e. The molecule has 0 saturated carbocycles. The van der Waals surface area contributed by atoms with Gasteiger partial charge in [-0.25, -0.2) is 0 Å². The third-order valence-corrected chi connectivity index (χ3v) is 5.26. The molecule has 0 unspecified atom stereocenters. The third kappa shape index (κ3) is 4.14. The van der Waals surface area contributed by atoms with E-state index in [1.165, 1.54) is 5.56 Å². The summed E-state index contributed by atoms with van der Waals surface area (Å²) in [6, 6.07) is 9.72. The van der Waals surface area contributed by atoms with Crippen LogP contribution in [0.5, 0.6) is 0 Å². The van der Waals surface area contributed by atoms with Gasteiger partial charge in [-0.3, -0.25) is 14.9 Å². The van der Waals surface area contributed by atoms with Gasteiger partial charge in [-0.05, 0) is 41.5 Å². The lowest BCUT2D eigenvalue weighted by Gasteiger charge is -2.13. The molecule has 0 atom stereocenters. The summed E-state index contributed by atoms with van der Waals surface area (Å²) in [5.74, 6) is 0.753. The first-order valence-electron chi connectivity index (χ1n) is 8.51. The van der Waals surface area contributed by atoms with E-state index in [2.05, 4.69) is 40.4 Å². The van der Waals surface area contributed by atoms with Crippen LogP contribution in [0.3, 0.4) is 0 Å². The average molecular weight is 366 g/mol. The molecule has 2 aromatic heterocycles. The van der Waals surface area contributed by atoms with Crippen LogP contribution in [0.25, 0.3) is 11.3 Å². The highest BCUT2D eigenvalue weighted by molar-refractivity contribution is 7.99. The Kier molecular flexibility index (Phi) is 5.73. The van der Waals surface area contributed by atoms with Crippen LogP contribution in [0, 0.1) is 6.92 Å². The van der Waals surface area contributed by atoms with Gasteiger partial charge in [-0.15, -0.1) is 0 Å². The van der Waals surface area contributed by atoms with Gasteiger partial charge in [0, 0.05) is 29.4 Å². The number of aromatic nitrogens is 3. The van der Waals surface area contributed by atoms with E-state index in [9.17, 15) is 4.79 Å². The number of amides is 1. The molecular weight excluding hydrogens is 344 g/mol. The number of nitrogens with zero attached hydrogens (tertiary/aromatic N) is 2. The van der Waals surface area contributed by atoms with Crippen molar-refractivity contribution in [3.8, 4) is 11.3 Å². The lowest BCUT2D eigenvalue weighted by molar-refractivity contribution is 0.102. The summed E-state index contributed by atoms with van der Waals surface area (Å²) in [4.78, 5) is 16.8. The highest BCUT2D eigenvalue weighted by Gasteiger charge is 2.16. The van der Waals surface area contributed by atoms with Crippen LogP contribution in [0.4, 0.5) is 5.69 Å². The Morgan fingerprint density at radius 3 is 2.73 bits per heavy atom. The molecule has 5 nitrogen and oxygen atoms in total. The number of H-pyrrole nitrogens is 1. The van der Waals surface area contributed by atoms with Crippen molar-refractivity contribution in [1.29, 1.82) is 0 Å². The zero-order valence-electron chi connectivity index (χ0n) is 15.1. The first kappa shape index (κ1) is 18.2. The summed E-state index contributed by atoms with van der Waals surface area (Å²) in [5.41, 5.74) is 5.25. The zero-order chi connectivity index (χ0) is 18.5. The maximum atomic E-state index is 12.8. The normalized spacial score (nSPS) is 10.9. The minimum absolute atomic E-state index is 0.178. The van der Waals surface area contributed by atoms with Gasteiger partial charge in [0.1, 0.15) is 0 Å². The number of pyridine rings is 1. The smallest absolute Gasteiger partial charge is 0.259 e. The van der Waals surface area contributed by atoms with Gasteiger partial charge in [0.25, 0.3) is 5.91 Å². The summed E-state index contributed by atoms with van der Waals surface area (Å²) >= 11 is 1.89. The lowest BCUT2D eigenvalue weighted by Crippen LogP contribution is -2.13. The molecule has 0 radical (unpaired) electrons. The quantitative estimate of drug-likeness (QED) is 0.665. The fraction of sp³-hybridized carbons (Fsp3) is 0.250. The fourth-order valence-corrected chi connectivity index (χ4v) is 3.44. The summed E-state index contributed by atoms with van der Waals surface area (Å²) in [5, 5.41) is 10.5. The predicted octanol–water partition coefficient (Wildman–Crippen LogP) is 4.67. The predicted molar refractivity (Wildman–Crippen MR) is 107 cm³/mol. The van der Waals surface area contributed by atoms with E-state index in [0.717, 1.165) is 22.6 Å². The van der Waals surface area contributed by atoms with E-state index in [1.807, 2.05) is 43.0 Å². The van der Waals surface area contributed by atoms with Crippen LogP contribution in [-0.2, 0) is 5.75 Å². The van der Waals surface area contributed by atoms with E-state index in [1.54, 1.807) is 18.6 Å². The van der Waals surface area contributed by atoms with Gasteiger partial charge in [0.05, 0.1) is 17.5 Å². The molecule has 1 aromatic carbocycles. The summed E-state index contributed by atoms with van der Waals surface area (Å²) in [6.07, 6.45) is 4.94. The average Bonchev–Trinajstić information content (AvgIpc) is 3.13. The number of carbonyl (C=O) groups is 1. The van der Waals surface area contributed by atoms with Crippen molar-refractivity contribution >= 4 is 23.4 Å². The zero-order valence-corrected chi connectivity index (χ0v) is 15.9. The Hall–Kier alpha value is -2.60. The summed E-state index contributed by atoms with van der Waals surface area (Å²) in [6.45, 7) is 6.42. The number of nitrogens with one attached hydrogen (secondary N) is 2. The van der Waals surface area contributed by atoms with E-state index in [0.29, 0.717) is 16.5 Å². The molecule has 2 heterocycles. The van der Waals surface area contributed by atoms with Crippen molar-refractivity contribution in [1.82, 2.24) is 15.2 Å². The van der Waals surface area contributed by atoms with Crippen LogP contribution in [0.15, 0.2) is 48.9 Å². The Morgan fingerprint density at radius 1 is 1.23 bits per heavy atom. The molecule has 3 aromatic rings. The third-order valence-electron chi connectivity index (χ3n) is 4.12. The number of anilines is 1. The molecule has 0 fully saturated rings. The van der Waals surface area contributed by atoms with Gasteiger partial charge in [-0.2, -0.15) is 16.9 Å². The topological polar surface area (TPSA) is 70.7 Å². The second kappa shape index (κ2) is 8.19. The van der Waals surface area contributed by atoms with Crippen molar-refractivity contribution in [3.05, 3.63) is 65.6 Å². The Morgan fingerprint density at radius 2 is 2.00 bits per heavy atom. The Bertz CT molecular complexity index is 890. The van der Waals surface area contributed by atoms with Crippen LogP contribution in [0.2, 0.25) is 0 Å². The highest BCUT2D eigenvalue weighted by atomic mass is 32.2. The second-order valence-corrected chi connectivity index (χ2v) is 7.86. The van der Waals surface area contributed by atoms with Crippen LogP contribution in [-0.4, -0.2) is 26.3 Å². The van der Waals surface area contributed by atoms with Crippen molar-refractivity contribution in [2.45, 2.75) is 31.8 Å². The maximum absolute atomic E-state index is 12.8. The summed E-state index contributed by atoms with van der Waals surface area (Å²) < 4.78 is 0. The van der Waals surface area contributed by atoms with Gasteiger partial charge >= 0.3 is 0 Å². The number of thioether (sulfide) groups is 1. The van der Waals surface area contributed by atoms with E-state index in [-0.39, 0.29) is 5.91 Å². The monoisotopic (exact) mass is 366 g/mol. The number of carbonyl (C=O) groups excluding carboxylic acids is 1. The van der Waals surface area contributed by atoms with Gasteiger partial charge in [0.2, 0.25) is 0 Å². The molecule has 0 aliphatic heterocycles. The van der Waals surface area contributed by atoms with Crippen molar-refractivity contribution in [2.75, 3.05) is 5.32 Å². The Labute approximate surface area is 157 Å². The molecule has 0 spiro atoms. The SMILES string of the molecule is Cc1c(CSC(C)C)cccc1NC(=O)c1cn[nH]c1-c1ccncc1. The molecule has 2 N–H and O–H groups in total. The first-order valence-corrected chi connectivity index (χ1v) is 9.56. The molecule has 0 bridgehead atoms. The van der Waals surface area contributed by atoms with Crippen LogP contribution in [0.1, 0.15) is 35.3 Å². The molecule has 3 rings (SSSR count). The number of benzene rings is 1. The molecule has 134 valence electrons. The molecule has 0 aliphatic carbocycles. The minimum Gasteiger partial charge on any atom is -0.322 e. The molecule has 26 heavy (non-hydrogen) atoms. The van der Waals surface area contributed by atoms with Crippen molar-refractivity contribution in [2.24, 2.45) is 0 Å². The van der Waals surface area contributed by atoms with Gasteiger partial charge < -0.3 is 5.32 Å². The standard InChI is InChI=1S/C20H22N4OS/c1-13(2)26-12-16-5-4-6-18(14(16)3)23-20(25)17-11-22-24-19(17)15-7-9-21-10-8-15/h4-11,13H,12H2,1-3H3,(H,22,24)(H,23,25). The van der Waals surface area contributed by atoms with Crippen molar-refractivity contribution in [3.63, 3.8) is 0 Å². The molecule has 0 aliphatic rings. The van der Waals surface area contributed by atoms with E-state index in [4.69, 9.17) is 0 Å². The number of aromatic amines is 1. The fourth-order valence-electron chi connectivity index (χ4n) is 2.62. The molecular formula is C20H22N4OS. The number of hydrogen-bond donors (Lipinski definition) is 2. The van der Waals surface area contributed by atoms with Crippen LogP contribution >= 0.6 is 11.8 Å². The summed E-state index contributed by atoms with van der Waals surface area (Å²) in [7, 11) is 0. The van der Waals surface area contributed by atoms with Gasteiger partial charge in [0.15, 0.2) is 0 Å². The number of rotatable bonds is 6. The molecule has 6 heteroatoms. The highest BCUT2D eigenvalue weighted by Crippen LogP contribution is 2.26. The van der Waals surface area contributed by atoms with E-state index >= 15 is 0 Å². The van der Waals surface area contributed by atoms with E-state index < -0.39 is 0 Å². The lowest BCUT2D eigenvalue weighted by atomic mass is 10.1. The Balaban J connectivity index is 1.82. The number of hydrogen-bond acceptors (Lipinski definition) is 4. The van der Waals surface area contributed by atoms with Gasteiger partial charge in [-0.1, -0.05) is 26.0 Å². The minimum atomic E-state index is -0.178. The molecule has 0 saturated heterocycles. The largest absolute Gasteiger partial charge is 0.322 e. The second-order valence-electron chi connectivity index (χ2n) is 6.30. The van der Waals surface area contributed by atoms with Crippen molar-refractivity contribution < 1.29 is 4.79 Å². The van der Waals surface area contributed by atoms with Crippen LogP contribution < -0.4 is 5.32 Å².